The van der Waals surface area contributed by atoms with Crippen LogP contribution in [-0.2, 0) is 11.3 Å². The molecule has 19 heavy (non-hydrogen) atoms. The molecule has 2 unspecified atom stereocenters. The van der Waals surface area contributed by atoms with Crippen molar-refractivity contribution < 1.29 is 14.6 Å². The summed E-state index contributed by atoms with van der Waals surface area (Å²) in [6.07, 6.45) is -0.371. The summed E-state index contributed by atoms with van der Waals surface area (Å²) >= 11 is 0. The molecule has 1 aromatic carbocycles. The van der Waals surface area contributed by atoms with Crippen LogP contribution >= 0.6 is 0 Å². The summed E-state index contributed by atoms with van der Waals surface area (Å²) < 4.78 is 5.02. The Hall–Kier alpha value is -1.43. The number of hydrogen-bond acceptors (Lipinski definition) is 4. The number of amides is 1. The second-order valence-corrected chi connectivity index (χ2v) is 4.83. The number of nitrogens with one attached hydrogen (secondary N) is 2. The van der Waals surface area contributed by atoms with Crippen molar-refractivity contribution in [3.63, 3.8) is 0 Å². The molecule has 1 heterocycles. The highest BCUT2D eigenvalue weighted by Gasteiger charge is 2.25. The molecule has 1 saturated heterocycles. The maximum absolute atomic E-state index is 11.9. The molecule has 0 radical (unpaired) electrons. The smallest absolute Gasteiger partial charge is 0.251 e. The zero-order chi connectivity index (χ0) is 13.7. The van der Waals surface area contributed by atoms with Crippen molar-refractivity contribution in [3.8, 4) is 0 Å². The second kappa shape index (κ2) is 6.65. The van der Waals surface area contributed by atoms with E-state index >= 15 is 0 Å². The van der Waals surface area contributed by atoms with E-state index in [1.807, 2.05) is 12.1 Å². The highest BCUT2D eigenvalue weighted by atomic mass is 16.5. The van der Waals surface area contributed by atoms with Gasteiger partial charge in [0.25, 0.3) is 5.91 Å². The first-order chi connectivity index (χ1) is 9.20. The molecular weight excluding hydrogens is 244 g/mol. The normalized spacial score (nSPS) is 22.4. The minimum atomic E-state index is -0.371. The van der Waals surface area contributed by atoms with Crippen molar-refractivity contribution in [1.29, 1.82) is 0 Å². The van der Waals surface area contributed by atoms with Gasteiger partial charge in [0.15, 0.2) is 0 Å². The molecule has 2 rings (SSSR count). The van der Waals surface area contributed by atoms with Crippen molar-refractivity contribution >= 4 is 5.91 Å². The summed E-state index contributed by atoms with van der Waals surface area (Å²) in [6, 6.07) is 7.33. The molecule has 3 N–H and O–H groups in total. The van der Waals surface area contributed by atoms with Gasteiger partial charge in [0.2, 0.25) is 0 Å². The molecule has 0 spiro atoms. The van der Waals surface area contributed by atoms with Crippen molar-refractivity contribution in [1.82, 2.24) is 10.6 Å². The van der Waals surface area contributed by atoms with Gasteiger partial charge in [-0.1, -0.05) is 12.1 Å². The largest absolute Gasteiger partial charge is 0.391 e. The standard InChI is InChI=1S/C14H20N2O3/c1-19-9-10-2-4-11(5-3-10)14(18)16-7-12-6-15-8-13(12)17/h2-5,12-13,15,17H,6-9H2,1H3,(H,16,18). The molecule has 5 heteroatoms. The third-order valence-corrected chi connectivity index (χ3v) is 3.36. The highest BCUT2D eigenvalue weighted by molar-refractivity contribution is 5.94. The Labute approximate surface area is 113 Å². The number of methoxy groups -OCH3 is 1. The molecule has 104 valence electrons. The number of hydrogen-bond donors (Lipinski definition) is 3. The van der Waals surface area contributed by atoms with E-state index in [1.54, 1.807) is 19.2 Å². The molecular formula is C14H20N2O3. The maximum atomic E-state index is 11.9. The Morgan fingerprint density at radius 3 is 2.74 bits per heavy atom. The first-order valence-electron chi connectivity index (χ1n) is 6.45. The number of benzene rings is 1. The van der Waals surface area contributed by atoms with Crippen LogP contribution in [0, 0.1) is 5.92 Å². The van der Waals surface area contributed by atoms with Crippen LogP contribution in [0.5, 0.6) is 0 Å². The lowest BCUT2D eigenvalue weighted by molar-refractivity contribution is 0.0927. The number of carbonyl (C=O) groups is 1. The number of rotatable bonds is 5. The van der Waals surface area contributed by atoms with Crippen LogP contribution in [0.15, 0.2) is 24.3 Å². The Morgan fingerprint density at radius 1 is 1.42 bits per heavy atom. The fourth-order valence-corrected chi connectivity index (χ4v) is 2.17. The van der Waals surface area contributed by atoms with E-state index in [9.17, 15) is 9.90 Å². The number of aliphatic hydroxyl groups excluding tert-OH is 1. The van der Waals surface area contributed by atoms with Gasteiger partial charge < -0.3 is 20.5 Å². The van der Waals surface area contributed by atoms with Crippen LogP contribution in [0.3, 0.4) is 0 Å². The lowest BCUT2D eigenvalue weighted by Crippen LogP contribution is -2.34. The molecule has 1 amide bonds. The summed E-state index contributed by atoms with van der Waals surface area (Å²) in [6.45, 7) is 2.38. The average molecular weight is 264 g/mol. The molecule has 2 atom stereocenters. The van der Waals surface area contributed by atoms with E-state index in [2.05, 4.69) is 10.6 Å². The Morgan fingerprint density at radius 2 is 2.16 bits per heavy atom. The predicted octanol–water partition coefficient (Wildman–Crippen LogP) is 0.143. The van der Waals surface area contributed by atoms with Gasteiger partial charge in [0.05, 0.1) is 12.7 Å². The minimum absolute atomic E-state index is 0.0942. The summed E-state index contributed by atoms with van der Waals surface area (Å²) in [5.74, 6) is -0.0141. The van der Waals surface area contributed by atoms with Gasteiger partial charge in [-0.05, 0) is 17.7 Å². The van der Waals surface area contributed by atoms with Gasteiger partial charge in [-0.15, -0.1) is 0 Å². The van der Waals surface area contributed by atoms with Gasteiger partial charge in [0.1, 0.15) is 0 Å². The van der Waals surface area contributed by atoms with E-state index in [-0.39, 0.29) is 17.9 Å². The summed E-state index contributed by atoms with van der Waals surface area (Å²) in [5.41, 5.74) is 1.66. The lowest BCUT2D eigenvalue weighted by atomic mass is 10.1. The van der Waals surface area contributed by atoms with Gasteiger partial charge in [-0.25, -0.2) is 0 Å². The Kier molecular flexibility index (Phi) is 4.90. The van der Waals surface area contributed by atoms with E-state index in [0.29, 0.717) is 25.3 Å². The fraction of sp³-hybridized carbons (Fsp3) is 0.500. The fourth-order valence-electron chi connectivity index (χ4n) is 2.17. The van der Waals surface area contributed by atoms with Gasteiger partial charge in [0, 0.05) is 38.2 Å². The number of carbonyl (C=O) groups excluding carboxylic acids is 1. The van der Waals surface area contributed by atoms with Gasteiger partial charge in [-0.3, -0.25) is 4.79 Å². The van der Waals surface area contributed by atoms with Crippen molar-refractivity contribution in [2.45, 2.75) is 12.7 Å². The van der Waals surface area contributed by atoms with Crippen LogP contribution in [-0.4, -0.2) is 43.9 Å². The molecule has 1 aromatic rings. The molecule has 1 fully saturated rings. The van der Waals surface area contributed by atoms with E-state index < -0.39 is 0 Å². The summed E-state index contributed by atoms with van der Waals surface area (Å²) in [4.78, 5) is 11.9. The van der Waals surface area contributed by atoms with E-state index in [4.69, 9.17) is 4.74 Å². The third kappa shape index (κ3) is 3.76. The van der Waals surface area contributed by atoms with Crippen LogP contribution in [0.4, 0.5) is 0 Å². The van der Waals surface area contributed by atoms with Crippen LogP contribution in [0.1, 0.15) is 15.9 Å². The SMILES string of the molecule is COCc1ccc(C(=O)NCC2CNCC2O)cc1. The van der Waals surface area contributed by atoms with Crippen molar-refractivity contribution in [3.05, 3.63) is 35.4 Å². The number of ether oxygens (including phenoxy) is 1. The Bertz CT molecular complexity index is 419. The summed E-state index contributed by atoms with van der Waals surface area (Å²) in [5, 5.41) is 15.6. The Balaban J connectivity index is 1.85. The highest BCUT2D eigenvalue weighted by Crippen LogP contribution is 2.09. The number of β-amino-alcohol motifs (C(OH)–C–C–N with tert-alkyl or cyclic N) is 1. The predicted molar refractivity (Wildman–Crippen MR) is 71.9 cm³/mol. The van der Waals surface area contributed by atoms with Crippen molar-refractivity contribution in [2.24, 2.45) is 5.92 Å². The summed E-state index contributed by atoms with van der Waals surface area (Å²) in [7, 11) is 1.64. The van der Waals surface area contributed by atoms with Gasteiger partial charge >= 0.3 is 0 Å². The quantitative estimate of drug-likeness (QED) is 0.707. The lowest BCUT2D eigenvalue weighted by Gasteiger charge is -2.14. The zero-order valence-electron chi connectivity index (χ0n) is 11.1. The molecule has 0 bridgehead atoms. The van der Waals surface area contributed by atoms with E-state index in [0.717, 1.165) is 12.1 Å². The van der Waals surface area contributed by atoms with Crippen LogP contribution < -0.4 is 10.6 Å². The minimum Gasteiger partial charge on any atom is -0.391 e. The monoisotopic (exact) mass is 264 g/mol. The van der Waals surface area contributed by atoms with Crippen molar-refractivity contribution in [2.75, 3.05) is 26.7 Å². The zero-order valence-corrected chi connectivity index (χ0v) is 11.1. The molecule has 1 aliphatic heterocycles. The van der Waals surface area contributed by atoms with Crippen LogP contribution in [0.25, 0.3) is 0 Å². The average Bonchev–Trinajstić information content (AvgIpc) is 2.83. The maximum Gasteiger partial charge on any atom is 0.251 e. The first kappa shape index (κ1) is 14.0. The molecule has 0 aromatic heterocycles. The molecule has 1 aliphatic rings. The topological polar surface area (TPSA) is 70.6 Å². The molecule has 0 aliphatic carbocycles. The van der Waals surface area contributed by atoms with Gasteiger partial charge in [-0.2, -0.15) is 0 Å². The molecule has 5 nitrogen and oxygen atoms in total. The van der Waals surface area contributed by atoms with Crippen LogP contribution in [0.2, 0.25) is 0 Å². The molecule has 0 saturated carbocycles. The third-order valence-electron chi connectivity index (χ3n) is 3.36. The van der Waals surface area contributed by atoms with E-state index in [1.165, 1.54) is 0 Å². The number of aliphatic hydroxyl groups is 1. The second-order valence-electron chi connectivity index (χ2n) is 4.83. The first-order valence-corrected chi connectivity index (χ1v) is 6.45.